The van der Waals surface area contributed by atoms with Gasteiger partial charge in [0, 0.05) is 32.2 Å². The van der Waals surface area contributed by atoms with Gasteiger partial charge >= 0.3 is 5.97 Å². The summed E-state index contributed by atoms with van der Waals surface area (Å²) in [6, 6.07) is 12.8. The maximum absolute atomic E-state index is 14.6. The number of aromatic nitrogens is 1. The summed E-state index contributed by atoms with van der Waals surface area (Å²) in [4.78, 5) is 16.9. The second kappa shape index (κ2) is 9.51. The number of hydrogen-bond acceptors (Lipinski definition) is 6. The van der Waals surface area contributed by atoms with Crippen LogP contribution in [0.1, 0.15) is 11.1 Å². The van der Waals surface area contributed by atoms with Crippen molar-refractivity contribution in [2.24, 2.45) is 5.73 Å². The van der Waals surface area contributed by atoms with Gasteiger partial charge in [-0.3, -0.25) is 0 Å². The van der Waals surface area contributed by atoms with Crippen LogP contribution in [0.5, 0.6) is 11.6 Å². The number of pyridine rings is 1. The molecule has 33 heavy (non-hydrogen) atoms. The smallest absolute Gasteiger partial charge is 0.327 e. The van der Waals surface area contributed by atoms with Crippen LogP contribution in [0.2, 0.25) is 0 Å². The Kier molecular flexibility index (Phi) is 6.52. The van der Waals surface area contributed by atoms with Crippen LogP contribution in [0, 0.1) is 18.6 Å². The Hall–Kier alpha value is -3.56. The van der Waals surface area contributed by atoms with Gasteiger partial charge in [0.05, 0.1) is 0 Å². The highest BCUT2D eigenvalue weighted by Gasteiger charge is 2.32. The molecule has 0 aliphatic carbocycles. The lowest BCUT2D eigenvalue weighted by Gasteiger charge is -2.34. The zero-order valence-corrected chi connectivity index (χ0v) is 18.0. The predicted molar refractivity (Wildman–Crippen MR) is 120 cm³/mol. The van der Waals surface area contributed by atoms with Crippen molar-refractivity contribution in [3.05, 3.63) is 71.3 Å². The predicted octanol–water partition coefficient (Wildman–Crippen LogP) is 3.45. The Bertz CT molecular complexity index is 1190. The number of benzene rings is 2. The fourth-order valence-electron chi connectivity index (χ4n) is 3.85. The maximum Gasteiger partial charge on any atom is 0.327 e. The van der Waals surface area contributed by atoms with E-state index in [2.05, 4.69) is 10.3 Å². The number of aryl methyl sites for hydroxylation is 1. The molecule has 0 amide bonds. The Balaban J connectivity index is 1.69. The molecule has 172 valence electrons. The summed E-state index contributed by atoms with van der Waals surface area (Å²) in [5, 5.41) is 12.4. The molecule has 1 aromatic heterocycles. The third kappa shape index (κ3) is 4.94. The van der Waals surface area contributed by atoms with Crippen molar-refractivity contribution >= 4 is 11.8 Å². The molecule has 1 aliphatic heterocycles. The Morgan fingerprint density at radius 3 is 2.79 bits per heavy atom. The van der Waals surface area contributed by atoms with E-state index in [1.54, 1.807) is 12.1 Å². The summed E-state index contributed by atoms with van der Waals surface area (Å²) >= 11 is 0. The van der Waals surface area contributed by atoms with E-state index in [9.17, 15) is 18.7 Å². The van der Waals surface area contributed by atoms with Gasteiger partial charge in [0.15, 0.2) is 17.5 Å². The average molecular weight is 454 g/mol. The molecule has 0 radical (unpaired) electrons. The van der Waals surface area contributed by atoms with Gasteiger partial charge in [0.1, 0.15) is 11.8 Å². The third-order valence-electron chi connectivity index (χ3n) is 5.44. The van der Waals surface area contributed by atoms with Crippen LogP contribution in [-0.2, 0) is 11.3 Å². The van der Waals surface area contributed by atoms with Crippen molar-refractivity contribution < 1.29 is 23.4 Å². The van der Waals surface area contributed by atoms with Crippen LogP contribution in [-0.4, -0.2) is 41.7 Å². The summed E-state index contributed by atoms with van der Waals surface area (Å²) in [6.45, 7) is 3.05. The molecule has 4 N–H and O–H groups in total. The van der Waals surface area contributed by atoms with Gasteiger partial charge in [-0.25, -0.2) is 13.6 Å². The van der Waals surface area contributed by atoms with Gasteiger partial charge < -0.3 is 25.8 Å². The summed E-state index contributed by atoms with van der Waals surface area (Å²) in [5.41, 5.74) is 9.35. The minimum Gasteiger partial charge on any atom is -0.480 e. The molecule has 1 aliphatic rings. The molecule has 7 nitrogen and oxygen atoms in total. The number of ether oxygens (including phenoxy) is 1. The molecule has 1 atom stereocenters. The summed E-state index contributed by atoms with van der Waals surface area (Å²) in [7, 11) is 0. The molecule has 1 saturated heterocycles. The highest BCUT2D eigenvalue weighted by atomic mass is 19.1. The third-order valence-corrected chi connectivity index (χ3v) is 5.44. The highest BCUT2D eigenvalue weighted by Crippen LogP contribution is 2.32. The fraction of sp³-hybridized carbons (Fsp3) is 0.250. The number of halogens is 2. The molecule has 1 unspecified atom stereocenters. The number of nitrogens with one attached hydrogen (secondary N) is 1. The van der Waals surface area contributed by atoms with E-state index in [1.807, 2.05) is 37.3 Å². The van der Waals surface area contributed by atoms with E-state index >= 15 is 0 Å². The number of rotatable bonds is 6. The molecular formula is C24H24F2N4O3. The zero-order valence-electron chi connectivity index (χ0n) is 18.0. The number of nitrogens with zero attached hydrogens (tertiary/aromatic N) is 2. The van der Waals surface area contributed by atoms with Gasteiger partial charge in [-0.15, -0.1) is 0 Å². The van der Waals surface area contributed by atoms with Gasteiger partial charge in [0.25, 0.3) is 5.88 Å². The number of nitrogens with two attached hydrogens (primary N) is 1. The van der Waals surface area contributed by atoms with E-state index in [-0.39, 0.29) is 18.9 Å². The number of aliphatic carboxylic acids is 1. The van der Waals surface area contributed by atoms with E-state index < -0.39 is 29.5 Å². The molecule has 0 saturated carbocycles. The molecule has 4 rings (SSSR count). The van der Waals surface area contributed by atoms with E-state index in [1.165, 1.54) is 4.90 Å². The first kappa shape index (κ1) is 22.6. The average Bonchev–Trinajstić information content (AvgIpc) is 2.80. The number of hydrogen-bond donors (Lipinski definition) is 3. The van der Waals surface area contributed by atoms with Crippen molar-refractivity contribution in [1.29, 1.82) is 0 Å². The summed E-state index contributed by atoms with van der Waals surface area (Å²) in [6.07, 6.45) is 0. The fourth-order valence-corrected chi connectivity index (χ4v) is 3.85. The lowest BCUT2D eigenvalue weighted by molar-refractivity contribution is -0.138. The van der Waals surface area contributed by atoms with Crippen LogP contribution in [0.15, 0.2) is 48.5 Å². The molecule has 1 fully saturated rings. The topological polar surface area (TPSA) is 101 Å². The largest absolute Gasteiger partial charge is 0.480 e. The normalized spacial score (nSPS) is 16.0. The SMILES string of the molecule is Cc1cc(Oc2nc(N3CCNCC3C(=O)O)c(F)cc2F)cc(-c2cccc(CN)c2)c1. The second-order valence-corrected chi connectivity index (χ2v) is 7.87. The second-order valence-electron chi connectivity index (χ2n) is 7.87. The van der Waals surface area contributed by atoms with Crippen LogP contribution in [0.25, 0.3) is 11.1 Å². The van der Waals surface area contributed by atoms with Crippen molar-refractivity contribution in [3.63, 3.8) is 0 Å². The highest BCUT2D eigenvalue weighted by molar-refractivity contribution is 5.78. The van der Waals surface area contributed by atoms with Crippen LogP contribution in [0.4, 0.5) is 14.6 Å². The molecule has 9 heteroatoms. The quantitative estimate of drug-likeness (QED) is 0.525. The lowest BCUT2D eigenvalue weighted by atomic mass is 10.0. The molecule has 2 aromatic carbocycles. The zero-order chi connectivity index (χ0) is 23.5. The molecule has 2 heterocycles. The van der Waals surface area contributed by atoms with Gasteiger partial charge in [0.2, 0.25) is 0 Å². The number of carboxylic acids is 1. The number of anilines is 1. The van der Waals surface area contributed by atoms with Crippen LogP contribution >= 0.6 is 0 Å². The Morgan fingerprint density at radius 1 is 1.21 bits per heavy atom. The monoisotopic (exact) mass is 454 g/mol. The number of carbonyl (C=O) groups is 1. The van der Waals surface area contributed by atoms with Gasteiger partial charge in [-0.05, 0) is 47.4 Å². The Labute approximate surface area is 189 Å². The van der Waals surface area contributed by atoms with Gasteiger partial charge in [-0.2, -0.15) is 4.98 Å². The number of carboxylic acid groups (broad SMARTS) is 1. The maximum atomic E-state index is 14.6. The van der Waals surface area contributed by atoms with Crippen molar-refractivity contribution in [2.45, 2.75) is 19.5 Å². The van der Waals surface area contributed by atoms with E-state index in [0.29, 0.717) is 24.9 Å². The summed E-state index contributed by atoms with van der Waals surface area (Å²) in [5.74, 6) is -3.42. The van der Waals surface area contributed by atoms with Crippen molar-refractivity contribution in [2.75, 3.05) is 24.5 Å². The molecule has 3 aromatic rings. The van der Waals surface area contributed by atoms with E-state index in [0.717, 1.165) is 22.3 Å². The lowest BCUT2D eigenvalue weighted by Crippen LogP contribution is -2.55. The molecule has 0 bridgehead atoms. The van der Waals surface area contributed by atoms with Crippen molar-refractivity contribution in [3.8, 4) is 22.8 Å². The standard InChI is InChI=1S/C24H24F2N4O3/c1-14-7-17(16-4-2-3-15(9-16)12-27)10-18(8-14)33-23-20(26)11-19(25)22(29-23)30-6-5-28-13-21(30)24(31)32/h2-4,7-11,21,28H,5-6,12-13,27H2,1H3,(H,31,32). The van der Waals surface area contributed by atoms with Crippen LogP contribution < -0.4 is 20.7 Å². The minimum atomic E-state index is -1.13. The van der Waals surface area contributed by atoms with Gasteiger partial charge in [-0.1, -0.05) is 24.3 Å². The first-order chi connectivity index (χ1) is 15.9. The molecular weight excluding hydrogens is 430 g/mol. The minimum absolute atomic E-state index is 0.118. The summed E-state index contributed by atoms with van der Waals surface area (Å²) < 4.78 is 34.9. The number of piperazine rings is 1. The van der Waals surface area contributed by atoms with Crippen molar-refractivity contribution in [1.82, 2.24) is 10.3 Å². The first-order valence-electron chi connectivity index (χ1n) is 10.5. The Morgan fingerprint density at radius 2 is 2.03 bits per heavy atom. The van der Waals surface area contributed by atoms with E-state index in [4.69, 9.17) is 10.5 Å². The van der Waals surface area contributed by atoms with Crippen LogP contribution in [0.3, 0.4) is 0 Å². The molecule has 0 spiro atoms. The first-order valence-corrected chi connectivity index (χ1v) is 10.5.